The van der Waals surface area contributed by atoms with Gasteiger partial charge in [0.2, 0.25) is 0 Å². The SMILES string of the molecule is Cc1cnccc1CN1C(=O)[N+](OC(=O)C(F)(F)F)(c2ccc(SC(F)(F)F)cc2)C(=S)[C@H]1C. The molecule has 2 amide bonds. The van der Waals surface area contributed by atoms with E-state index in [9.17, 15) is 35.9 Å². The van der Waals surface area contributed by atoms with Gasteiger partial charge in [0.1, 0.15) is 6.04 Å². The van der Waals surface area contributed by atoms with E-state index in [1.807, 2.05) is 0 Å². The van der Waals surface area contributed by atoms with Crippen LogP contribution in [0.25, 0.3) is 0 Å². The summed E-state index contributed by atoms with van der Waals surface area (Å²) in [6.07, 6.45) is -2.46. The summed E-state index contributed by atoms with van der Waals surface area (Å²) in [5.41, 5.74) is -3.64. The molecule has 182 valence electrons. The van der Waals surface area contributed by atoms with Crippen molar-refractivity contribution in [3.05, 3.63) is 53.9 Å². The third-order valence-corrected chi connectivity index (χ3v) is 6.35. The number of nitrogens with zero attached hydrogens (tertiary/aromatic N) is 3. The van der Waals surface area contributed by atoms with E-state index in [1.165, 1.54) is 19.3 Å². The van der Waals surface area contributed by atoms with Crippen molar-refractivity contribution in [2.24, 2.45) is 0 Å². The molecule has 2 atom stereocenters. The molecule has 1 unspecified atom stereocenters. The molecule has 2 aromatic rings. The molecule has 2 heterocycles. The summed E-state index contributed by atoms with van der Waals surface area (Å²) in [5.74, 6) is -2.67. The average Bonchev–Trinajstić information content (AvgIpc) is 2.90. The smallest absolute Gasteiger partial charge is 0.271 e. The van der Waals surface area contributed by atoms with E-state index in [2.05, 4.69) is 9.82 Å². The molecule has 1 aliphatic rings. The zero-order valence-electron chi connectivity index (χ0n) is 17.5. The van der Waals surface area contributed by atoms with E-state index in [0.717, 1.165) is 29.2 Å². The predicted molar refractivity (Wildman–Crippen MR) is 114 cm³/mol. The fourth-order valence-electron chi connectivity index (χ4n) is 3.31. The summed E-state index contributed by atoms with van der Waals surface area (Å²) in [6, 6.07) is 3.39. The number of pyridine rings is 1. The van der Waals surface area contributed by atoms with Crippen molar-refractivity contribution in [3.8, 4) is 0 Å². The Morgan fingerprint density at radius 2 is 1.79 bits per heavy atom. The van der Waals surface area contributed by atoms with Crippen LogP contribution in [0.5, 0.6) is 0 Å². The minimum absolute atomic E-state index is 0.0833. The van der Waals surface area contributed by atoms with Crippen LogP contribution in [0.3, 0.4) is 0 Å². The Hall–Kier alpha value is -2.71. The van der Waals surface area contributed by atoms with Gasteiger partial charge in [-0.25, -0.2) is 14.4 Å². The first-order chi connectivity index (χ1) is 15.7. The number of aryl methyl sites for hydroxylation is 1. The van der Waals surface area contributed by atoms with E-state index in [1.54, 1.807) is 13.0 Å². The summed E-state index contributed by atoms with van der Waals surface area (Å²) >= 11 is 4.84. The highest BCUT2D eigenvalue weighted by Gasteiger charge is 2.64. The first kappa shape index (κ1) is 25.9. The number of urea groups is 1. The van der Waals surface area contributed by atoms with Crippen molar-refractivity contribution in [1.29, 1.82) is 0 Å². The van der Waals surface area contributed by atoms with Crippen molar-refractivity contribution in [2.75, 3.05) is 0 Å². The molecule has 3 rings (SSSR count). The van der Waals surface area contributed by atoms with Gasteiger partial charge in [-0.2, -0.15) is 26.3 Å². The molecule has 1 aromatic carbocycles. The molecule has 0 N–H and O–H groups in total. The number of thiocarbonyl (C=S) groups is 1. The average molecular weight is 524 g/mol. The van der Waals surface area contributed by atoms with Crippen molar-refractivity contribution < 1.29 is 40.8 Å². The van der Waals surface area contributed by atoms with Gasteiger partial charge in [-0.1, -0.05) is 0 Å². The number of carbonyl (C=O) groups excluding carboxylic acids is 2. The maximum absolute atomic E-state index is 13.5. The normalized spacial score (nSPS) is 21.2. The van der Waals surface area contributed by atoms with Crippen LogP contribution in [0, 0.1) is 6.92 Å². The fraction of sp³-hybridized carbons (Fsp3) is 0.300. The molecule has 1 saturated heterocycles. The molecule has 0 radical (unpaired) electrons. The Balaban J connectivity index is 2.08. The lowest BCUT2D eigenvalue weighted by molar-refractivity contribution is -0.216. The highest BCUT2D eigenvalue weighted by molar-refractivity contribution is 8.00. The van der Waals surface area contributed by atoms with Crippen LogP contribution in [-0.2, 0) is 16.2 Å². The van der Waals surface area contributed by atoms with Gasteiger partial charge in [0.05, 0.1) is 6.54 Å². The van der Waals surface area contributed by atoms with Crippen molar-refractivity contribution in [3.63, 3.8) is 0 Å². The van der Waals surface area contributed by atoms with E-state index < -0.39 is 46.1 Å². The van der Waals surface area contributed by atoms with Gasteiger partial charge in [-0.15, -0.1) is 0 Å². The van der Waals surface area contributed by atoms with E-state index >= 15 is 0 Å². The molecule has 0 spiro atoms. The van der Waals surface area contributed by atoms with Crippen LogP contribution in [0.4, 0.5) is 36.8 Å². The summed E-state index contributed by atoms with van der Waals surface area (Å²) in [7, 11) is 0. The Kier molecular flexibility index (Phi) is 6.97. The predicted octanol–water partition coefficient (Wildman–Crippen LogP) is 5.68. The number of quaternary nitrogens is 1. The highest BCUT2D eigenvalue weighted by atomic mass is 32.2. The number of alkyl halides is 6. The molecule has 0 saturated carbocycles. The molecule has 14 heteroatoms. The lowest BCUT2D eigenvalue weighted by atomic mass is 10.1. The second-order valence-electron chi connectivity index (χ2n) is 7.25. The quantitative estimate of drug-likeness (QED) is 0.217. The van der Waals surface area contributed by atoms with E-state index in [4.69, 9.17) is 12.2 Å². The summed E-state index contributed by atoms with van der Waals surface area (Å²) in [5, 5.41) is 0. The molecule has 34 heavy (non-hydrogen) atoms. The Labute approximate surface area is 199 Å². The topological polar surface area (TPSA) is 59.5 Å². The number of hydroxylamine groups is 2. The second-order valence-corrected chi connectivity index (χ2v) is 8.81. The van der Waals surface area contributed by atoms with Crippen LogP contribution < -0.4 is 4.65 Å². The lowest BCUT2D eigenvalue weighted by Crippen LogP contribution is -2.57. The number of halogens is 6. The Bertz CT molecular complexity index is 1120. The number of hydrogen-bond acceptors (Lipinski definition) is 6. The summed E-state index contributed by atoms with van der Waals surface area (Å²) < 4.78 is 75.6. The molecule has 6 nitrogen and oxygen atoms in total. The number of amides is 2. The summed E-state index contributed by atoms with van der Waals surface area (Å²) in [6.45, 7) is 3.08. The maximum Gasteiger partial charge on any atom is 0.497 e. The van der Waals surface area contributed by atoms with Gasteiger partial charge < -0.3 is 0 Å². The molecule has 1 aromatic heterocycles. The zero-order chi connectivity index (χ0) is 25.5. The number of benzene rings is 1. The third kappa shape index (κ3) is 5.03. The fourth-order valence-corrected chi connectivity index (χ4v) is 4.20. The largest absolute Gasteiger partial charge is 0.497 e. The van der Waals surface area contributed by atoms with Gasteiger partial charge >= 0.3 is 23.7 Å². The highest BCUT2D eigenvalue weighted by Crippen LogP contribution is 2.41. The molecule has 0 bridgehead atoms. The van der Waals surface area contributed by atoms with Crippen LogP contribution >= 0.6 is 24.0 Å². The number of aromatic nitrogens is 1. The van der Waals surface area contributed by atoms with Crippen LogP contribution in [-0.4, -0.2) is 44.6 Å². The van der Waals surface area contributed by atoms with E-state index in [-0.39, 0.29) is 22.1 Å². The van der Waals surface area contributed by atoms with Crippen LogP contribution in [0.2, 0.25) is 0 Å². The van der Waals surface area contributed by atoms with Gasteiger partial charge in [-0.3, -0.25) is 9.88 Å². The van der Waals surface area contributed by atoms with Gasteiger partial charge in [0.25, 0.3) is 4.99 Å². The molecule has 1 aliphatic heterocycles. The second kappa shape index (κ2) is 9.15. The Morgan fingerprint density at radius 3 is 2.32 bits per heavy atom. The molecule has 1 fully saturated rings. The standard InChI is InChI=1S/C20H16F6N3O3S2/c1-11-9-27-8-7-13(11)10-28-12(2)16(33)29(18(28)31,32-17(30)19(21,22)23)14-3-5-15(6-4-14)34-20(24,25)26/h3-9,12H,10H2,1-2H3/q+1/t12-,29?/m1/s1. The van der Waals surface area contributed by atoms with Gasteiger partial charge in [0.15, 0.2) is 5.69 Å². The minimum atomic E-state index is -5.45. The first-order valence-electron chi connectivity index (χ1n) is 9.48. The van der Waals surface area contributed by atoms with Crippen LogP contribution in [0.1, 0.15) is 18.1 Å². The molecule has 0 aliphatic carbocycles. The van der Waals surface area contributed by atoms with Gasteiger partial charge in [-0.05, 0) is 67.2 Å². The van der Waals surface area contributed by atoms with Crippen molar-refractivity contribution in [1.82, 2.24) is 14.5 Å². The van der Waals surface area contributed by atoms with Crippen LogP contribution in [0.15, 0.2) is 47.6 Å². The van der Waals surface area contributed by atoms with Crippen molar-refractivity contribution >= 4 is 46.7 Å². The zero-order valence-corrected chi connectivity index (χ0v) is 19.1. The molecular formula is C20H16F6N3O3S2+. The maximum atomic E-state index is 13.5. The Morgan fingerprint density at radius 1 is 1.18 bits per heavy atom. The number of rotatable bonds is 5. The first-order valence-corrected chi connectivity index (χ1v) is 10.7. The molecular weight excluding hydrogens is 508 g/mol. The summed E-state index contributed by atoms with van der Waals surface area (Å²) in [4.78, 5) is 34.4. The number of hydrogen-bond donors (Lipinski definition) is 0. The monoisotopic (exact) mass is 524 g/mol. The number of thioether (sulfide) groups is 1. The van der Waals surface area contributed by atoms with Crippen molar-refractivity contribution in [2.45, 2.75) is 43.0 Å². The minimum Gasteiger partial charge on any atom is -0.271 e. The van der Waals surface area contributed by atoms with E-state index in [0.29, 0.717) is 11.1 Å². The van der Waals surface area contributed by atoms with Gasteiger partial charge in [0, 0.05) is 34.1 Å². The number of carbonyl (C=O) groups is 2. The third-order valence-electron chi connectivity index (χ3n) is 5.01. The lowest BCUT2D eigenvalue weighted by Gasteiger charge is -2.26.